The van der Waals surface area contributed by atoms with Gasteiger partial charge in [0.2, 0.25) is 0 Å². The molecule has 4 aromatic rings. The molecule has 182 valence electrons. The van der Waals surface area contributed by atoms with Crippen molar-refractivity contribution >= 4 is 44.2 Å². The summed E-state index contributed by atoms with van der Waals surface area (Å²) in [4.78, 5) is 12.0. The maximum Gasteiger partial charge on any atom is 0.412 e. The van der Waals surface area contributed by atoms with Crippen molar-refractivity contribution in [2.45, 2.75) is 0 Å². The summed E-state index contributed by atoms with van der Waals surface area (Å²) in [6, 6.07) is 15.5. The second-order valence-electron chi connectivity index (χ2n) is 7.56. The first-order valence-corrected chi connectivity index (χ1v) is 12.7. The quantitative estimate of drug-likeness (QED) is 0.317. The molecule has 0 bridgehead atoms. The molecule has 0 aliphatic rings. The average Bonchev–Trinajstić information content (AvgIpc) is 3.15. The molecular weight excluding hydrogens is 499 g/mol. The van der Waals surface area contributed by atoms with E-state index in [-0.39, 0.29) is 28.2 Å². The van der Waals surface area contributed by atoms with Crippen LogP contribution in [0.5, 0.6) is 17.2 Å². The minimum atomic E-state index is -3.29. The van der Waals surface area contributed by atoms with Crippen molar-refractivity contribution in [1.82, 2.24) is 5.32 Å². The number of nitrogens with one attached hydrogen (secondary N) is 2. The van der Waals surface area contributed by atoms with Crippen LogP contribution in [-0.4, -0.2) is 33.7 Å². The monoisotopic (exact) mass is 518 g/mol. The molecule has 4 rings (SSSR count). The number of benzene rings is 3. The van der Waals surface area contributed by atoms with Crippen LogP contribution in [-0.2, 0) is 9.84 Å². The maximum absolute atomic E-state index is 13.1. The van der Waals surface area contributed by atoms with Crippen LogP contribution in [0, 0.1) is 5.82 Å². The fourth-order valence-electron chi connectivity index (χ4n) is 3.19. The van der Waals surface area contributed by atoms with Crippen LogP contribution in [0.1, 0.15) is 0 Å². The lowest BCUT2D eigenvalue weighted by molar-refractivity contribution is 0.203. The van der Waals surface area contributed by atoms with Crippen molar-refractivity contribution in [3.63, 3.8) is 0 Å². The van der Waals surface area contributed by atoms with Gasteiger partial charge in [0.1, 0.15) is 28.8 Å². The average molecular weight is 519 g/mol. The number of hydrogen-bond acceptors (Lipinski definition) is 7. The largest absolute Gasteiger partial charge is 0.457 e. The van der Waals surface area contributed by atoms with Gasteiger partial charge >= 0.3 is 6.09 Å². The van der Waals surface area contributed by atoms with Gasteiger partial charge in [-0.15, -0.1) is 0 Å². The molecule has 0 unspecified atom stereocenters. The molecule has 0 aliphatic carbocycles. The Morgan fingerprint density at radius 1 is 1.06 bits per heavy atom. The Bertz CT molecular complexity index is 1490. The lowest BCUT2D eigenvalue weighted by atomic mass is 10.1. The molecule has 11 heteroatoms. The number of anilines is 1. The standard InChI is InChI=1S/C24H20ClFN2O6S/c1-27-24(29)34-23-18-11-19(25)20(28-13-35(2,30)31)12-21(18)33-22(23)14-3-7-16(8-4-14)32-17-9-5-15(26)6-10-17/h3-12,28H,13H2,1-2H3,(H,27,29). The third-order valence-electron chi connectivity index (χ3n) is 4.82. The molecule has 0 aliphatic heterocycles. The van der Waals surface area contributed by atoms with Crippen molar-refractivity contribution in [1.29, 1.82) is 0 Å². The van der Waals surface area contributed by atoms with Gasteiger partial charge in [0.05, 0.1) is 16.1 Å². The van der Waals surface area contributed by atoms with E-state index < -0.39 is 15.9 Å². The molecule has 0 spiro atoms. The van der Waals surface area contributed by atoms with Crippen molar-refractivity contribution in [2.24, 2.45) is 0 Å². The summed E-state index contributed by atoms with van der Waals surface area (Å²) < 4.78 is 53.3. The van der Waals surface area contributed by atoms with E-state index in [2.05, 4.69) is 10.6 Å². The first-order chi connectivity index (χ1) is 16.6. The molecule has 1 aromatic heterocycles. The summed E-state index contributed by atoms with van der Waals surface area (Å²) in [7, 11) is -1.87. The summed E-state index contributed by atoms with van der Waals surface area (Å²) >= 11 is 6.34. The predicted molar refractivity (Wildman–Crippen MR) is 132 cm³/mol. The Morgan fingerprint density at radius 2 is 1.69 bits per heavy atom. The molecule has 0 saturated heterocycles. The van der Waals surface area contributed by atoms with Crippen LogP contribution in [0.3, 0.4) is 0 Å². The van der Waals surface area contributed by atoms with Crippen molar-refractivity contribution in [3.8, 4) is 28.6 Å². The highest BCUT2D eigenvalue weighted by Gasteiger charge is 2.22. The van der Waals surface area contributed by atoms with E-state index in [1.807, 2.05) is 0 Å². The van der Waals surface area contributed by atoms with Crippen LogP contribution in [0.15, 0.2) is 65.1 Å². The van der Waals surface area contributed by atoms with Gasteiger partial charge in [-0.1, -0.05) is 11.6 Å². The van der Waals surface area contributed by atoms with Crippen LogP contribution in [0.2, 0.25) is 5.02 Å². The third-order valence-corrected chi connectivity index (χ3v) is 5.80. The molecule has 1 heterocycles. The molecule has 8 nitrogen and oxygen atoms in total. The van der Waals surface area contributed by atoms with E-state index in [4.69, 9.17) is 25.5 Å². The molecule has 0 atom stereocenters. The zero-order valence-electron chi connectivity index (χ0n) is 18.6. The maximum atomic E-state index is 13.1. The van der Waals surface area contributed by atoms with Gasteiger partial charge in [-0.2, -0.15) is 0 Å². The van der Waals surface area contributed by atoms with Gasteiger partial charge in [0.15, 0.2) is 21.3 Å². The molecule has 1 amide bonds. The second kappa shape index (κ2) is 9.85. The number of carbonyl (C=O) groups is 1. The predicted octanol–water partition coefficient (Wildman–Crippen LogP) is 5.82. The number of carbonyl (C=O) groups excluding carboxylic acids is 1. The highest BCUT2D eigenvalue weighted by molar-refractivity contribution is 7.90. The smallest absolute Gasteiger partial charge is 0.412 e. The molecular formula is C24H20ClFN2O6S. The number of halogens is 2. The van der Waals surface area contributed by atoms with Crippen LogP contribution in [0.4, 0.5) is 14.9 Å². The molecule has 35 heavy (non-hydrogen) atoms. The zero-order valence-corrected chi connectivity index (χ0v) is 20.2. The molecule has 2 N–H and O–H groups in total. The lowest BCUT2D eigenvalue weighted by Crippen LogP contribution is -2.22. The number of rotatable bonds is 7. The van der Waals surface area contributed by atoms with E-state index in [1.54, 1.807) is 24.3 Å². The number of fused-ring (bicyclic) bond motifs is 1. The number of sulfone groups is 1. The Balaban J connectivity index is 1.71. The van der Waals surface area contributed by atoms with Crippen LogP contribution >= 0.6 is 11.6 Å². The molecule has 0 saturated carbocycles. The SMILES string of the molecule is CNC(=O)Oc1c(-c2ccc(Oc3ccc(F)cc3)cc2)oc2cc(NCS(C)(=O)=O)c(Cl)cc12. The van der Waals surface area contributed by atoms with Crippen molar-refractivity contribution in [3.05, 3.63) is 71.5 Å². The Kier molecular flexibility index (Phi) is 6.86. The fraction of sp³-hybridized carbons (Fsp3) is 0.125. The number of amides is 1. The lowest BCUT2D eigenvalue weighted by Gasteiger charge is -2.08. The summed E-state index contributed by atoms with van der Waals surface area (Å²) in [5.74, 6) is 0.686. The summed E-state index contributed by atoms with van der Waals surface area (Å²) in [6.07, 6.45) is 0.386. The minimum absolute atomic E-state index is 0.142. The first-order valence-electron chi connectivity index (χ1n) is 10.2. The fourth-order valence-corrected chi connectivity index (χ4v) is 3.83. The van der Waals surface area contributed by atoms with E-state index in [9.17, 15) is 17.6 Å². The van der Waals surface area contributed by atoms with Gasteiger partial charge in [-0.25, -0.2) is 17.6 Å². The first kappa shape index (κ1) is 24.4. The zero-order chi connectivity index (χ0) is 25.2. The Labute approximate surface area is 205 Å². The van der Waals surface area contributed by atoms with Crippen molar-refractivity contribution in [2.75, 3.05) is 24.5 Å². The summed E-state index contributed by atoms with van der Waals surface area (Å²) in [5, 5.41) is 5.79. The number of ether oxygens (including phenoxy) is 2. The Morgan fingerprint density at radius 3 is 2.29 bits per heavy atom. The van der Waals surface area contributed by atoms with Crippen LogP contribution in [0.25, 0.3) is 22.3 Å². The number of furan rings is 1. The second-order valence-corrected chi connectivity index (χ2v) is 10.1. The molecule has 0 radical (unpaired) electrons. The minimum Gasteiger partial charge on any atom is -0.457 e. The van der Waals surface area contributed by atoms with E-state index in [0.29, 0.717) is 33.7 Å². The Hall–Kier alpha value is -3.76. The van der Waals surface area contributed by atoms with Gasteiger partial charge < -0.3 is 24.5 Å². The van der Waals surface area contributed by atoms with Gasteiger partial charge in [-0.3, -0.25) is 0 Å². The molecule has 3 aromatic carbocycles. The normalized spacial score (nSPS) is 11.3. The summed E-state index contributed by atoms with van der Waals surface area (Å²) in [6.45, 7) is 0. The third kappa shape index (κ3) is 5.84. The van der Waals surface area contributed by atoms with E-state index in [1.165, 1.54) is 43.4 Å². The van der Waals surface area contributed by atoms with Gasteiger partial charge in [0.25, 0.3) is 0 Å². The number of hydrogen-bond donors (Lipinski definition) is 2. The van der Waals surface area contributed by atoms with E-state index >= 15 is 0 Å². The van der Waals surface area contributed by atoms with Crippen molar-refractivity contribution < 1.29 is 31.5 Å². The van der Waals surface area contributed by atoms with Crippen LogP contribution < -0.4 is 20.1 Å². The highest BCUT2D eigenvalue weighted by atomic mass is 35.5. The molecule has 0 fully saturated rings. The summed E-state index contributed by atoms with van der Waals surface area (Å²) in [5.41, 5.74) is 1.25. The van der Waals surface area contributed by atoms with E-state index in [0.717, 1.165) is 6.26 Å². The highest BCUT2D eigenvalue weighted by Crippen LogP contribution is 2.43. The van der Waals surface area contributed by atoms with Gasteiger partial charge in [0, 0.05) is 24.9 Å². The topological polar surface area (TPSA) is 107 Å². The van der Waals surface area contributed by atoms with Gasteiger partial charge in [-0.05, 0) is 54.6 Å².